The van der Waals surface area contributed by atoms with Crippen LogP contribution in [0.2, 0.25) is 0 Å². The van der Waals surface area contributed by atoms with E-state index >= 15 is 0 Å². The highest BCUT2D eigenvalue weighted by Gasteiger charge is 2.61. The van der Waals surface area contributed by atoms with Crippen LogP contribution in [-0.2, 0) is 5.41 Å². The van der Waals surface area contributed by atoms with Gasteiger partial charge in [0.2, 0.25) is 11.4 Å². The standard InChI is InChI=1S/C23H21F4NO5/c1-12-16-9-13(5-7-15(16)20(30)33-28-12)19(29)22(31,23(25,26)27)11-21(2,3)17-10-14(24)6-8-18(17)32-4/h5-10,31H,11H2,1-4H3. The minimum absolute atomic E-state index is 0.0272. The number of hydrogen-bond donors (Lipinski definition) is 1. The summed E-state index contributed by atoms with van der Waals surface area (Å²) in [6.07, 6.45) is -6.48. The van der Waals surface area contributed by atoms with E-state index in [1.165, 1.54) is 33.9 Å². The average molecular weight is 467 g/mol. The molecule has 6 nitrogen and oxygen atoms in total. The van der Waals surface area contributed by atoms with Crippen molar-refractivity contribution in [2.75, 3.05) is 7.11 Å². The van der Waals surface area contributed by atoms with Gasteiger partial charge in [0.15, 0.2) is 0 Å². The van der Waals surface area contributed by atoms with Gasteiger partial charge in [-0.25, -0.2) is 9.18 Å². The summed E-state index contributed by atoms with van der Waals surface area (Å²) >= 11 is 0. The van der Waals surface area contributed by atoms with Crippen LogP contribution in [-0.4, -0.2) is 34.9 Å². The second-order valence-electron chi connectivity index (χ2n) is 8.41. The number of carbonyl (C=O) groups excluding carboxylic acids is 1. The van der Waals surface area contributed by atoms with Gasteiger partial charge in [0.25, 0.3) is 0 Å². The van der Waals surface area contributed by atoms with Crippen LogP contribution < -0.4 is 10.4 Å². The van der Waals surface area contributed by atoms with E-state index in [1.54, 1.807) is 0 Å². The number of Topliss-reactive ketones (excluding diaryl/α,β-unsaturated/α-hetero) is 1. The van der Waals surface area contributed by atoms with Gasteiger partial charge in [-0.1, -0.05) is 25.1 Å². The molecule has 0 saturated heterocycles. The third kappa shape index (κ3) is 4.35. The van der Waals surface area contributed by atoms with E-state index < -0.39 is 46.4 Å². The number of hydrogen-bond acceptors (Lipinski definition) is 6. The lowest BCUT2D eigenvalue weighted by atomic mass is 9.72. The molecule has 0 aliphatic rings. The minimum Gasteiger partial charge on any atom is -0.496 e. The van der Waals surface area contributed by atoms with E-state index in [1.807, 2.05) is 0 Å². The number of alkyl halides is 3. The van der Waals surface area contributed by atoms with Gasteiger partial charge in [-0.15, -0.1) is 0 Å². The molecule has 33 heavy (non-hydrogen) atoms. The van der Waals surface area contributed by atoms with Gasteiger partial charge in [-0.2, -0.15) is 13.2 Å². The molecule has 1 N–H and O–H groups in total. The summed E-state index contributed by atoms with van der Waals surface area (Å²) in [6, 6.07) is 6.55. The molecule has 3 rings (SSSR count). The average Bonchev–Trinajstić information content (AvgIpc) is 2.74. The van der Waals surface area contributed by atoms with Crippen LogP contribution >= 0.6 is 0 Å². The first kappa shape index (κ1) is 24.4. The molecule has 1 heterocycles. The fourth-order valence-electron chi connectivity index (χ4n) is 3.86. The van der Waals surface area contributed by atoms with Crippen molar-refractivity contribution in [2.24, 2.45) is 0 Å². The third-order valence-electron chi connectivity index (χ3n) is 5.59. The molecular formula is C23H21F4NO5. The molecule has 0 aliphatic heterocycles. The summed E-state index contributed by atoms with van der Waals surface area (Å²) in [5.74, 6) is -2.22. The number of aromatic nitrogens is 1. The zero-order valence-electron chi connectivity index (χ0n) is 18.2. The van der Waals surface area contributed by atoms with Crippen molar-refractivity contribution in [3.63, 3.8) is 0 Å². The van der Waals surface area contributed by atoms with Gasteiger partial charge >= 0.3 is 11.8 Å². The second kappa shape index (κ2) is 8.26. The lowest BCUT2D eigenvalue weighted by Gasteiger charge is -2.37. The second-order valence-corrected chi connectivity index (χ2v) is 8.41. The van der Waals surface area contributed by atoms with Gasteiger partial charge in [0.05, 0.1) is 18.2 Å². The van der Waals surface area contributed by atoms with Crippen LogP contribution in [0.15, 0.2) is 45.7 Å². The number of fused-ring (bicyclic) bond motifs is 1. The molecule has 0 amide bonds. The van der Waals surface area contributed by atoms with Crippen molar-refractivity contribution in [3.8, 4) is 5.75 Å². The topological polar surface area (TPSA) is 89.6 Å². The number of halogens is 4. The van der Waals surface area contributed by atoms with Crippen LogP contribution in [0.1, 0.15) is 41.9 Å². The number of aryl methyl sites for hydroxylation is 1. The maximum Gasteiger partial charge on any atom is 0.424 e. The summed E-state index contributed by atoms with van der Waals surface area (Å²) < 4.78 is 66.1. The number of rotatable bonds is 6. The highest BCUT2D eigenvalue weighted by atomic mass is 19.4. The fourth-order valence-corrected chi connectivity index (χ4v) is 3.86. The number of aliphatic hydroxyl groups is 1. The van der Waals surface area contributed by atoms with Gasteiger partial charge in [0.1, 0.15) is 11.6 Å². The van der Waals surface area contributed by atoms with E-state index in [4.69, 9.17) is 4.74 Å². The van der Waals surface area contributed by atoms with Crippen LogP contribution in [0.4, 0.5) is 17.6 Å². The number of methoxy groups -OCH3 is 1. The molecule has 3 aromatic rings. The molecule has 0 radical (unpaired) electrons. The molecule has 10 heteroatoms. The maximum absolute atomic E-state index is 14.2. The van der Waals surface area contributed by atoms with Crippen molar-refractivity contribution < 1.29 is 36.7 Å². The fraction of sp³-hybridized carbons (Fsp3) is 0.348. The Morgan fingerprint density at radius 2 is 1.79 bits per heavy atom. The number of nitrogens with zero attached hydrogens (tertiary/aromatic N) is 1. The summed E-state index contributed by atoms with van der Waals surface area (Å²) in [7, 11) is 1.27. The Labute approximate surface area is 185 Å². The Bertz CT molecular complexity index is 1280. The number of ketones is 1. The first-order chi connectivity index (χ1) is 15.2. The molecule has 0 saturated carbocycles. The zero-order valence-corrected chi connectivity index (χ0v) is 18.2. The predicted molar refractivity (Wildman–Crippen MR) is 111 cm³/mol. The summed E-state index contributed by atoms with van der Waals surface area (Å²) in [5.41, 5.74) is -6.42. The largest absolute Gasteiger partial charge is 0.496 e. The number of carbonyl (C=O) groups is 1. The minimum atomic E-state index is -5.36. The Kier molecular flexibility index (Phi) is 6.10. The molecule has 1 aromatic heterocycles. The molecule has 2 aromatic carbocycles. The molecule has 0 fully saturated rings. The molecule has 1 atom stereocenters. The first-order valence-corrected chi connectivity index (χ1v) is 9.79. The van der Waals surface area contributed by atoms with E-state index in [9.17, 15) is 32.3 Å². The van der Waals surface area contributed by atoms with E-state index in [-0.39, 0.29) is 27.8 Å². The maximum atomic E-state index is 14.2. The van der Waals surface area contributed by atoms with E-state index in [2.05, 4.69) is 9.68 Å². The Morgan fingerprint density at radius 3 is 2.39 bits per heavy atom. The quantitative estimate of drug-likeness (QED) is 0.425. The lowest BCUT2D eigenvalue weighted by molar-refractivity contribution is -0.243. The lowest BCUT2D eigenvalue weighted by Crippen LogP contribution is -2.55. The predicted octanol–water partition coefficient (Wildman–Crippen LogP) is 4.49. The van der Waals surface area contributed by atoms with Gasteiger partial charge in [0, 0.05) is 22.9 Å². The van der Waals surface area contributed by atoms with Crippen LogP contribution in [0.25, 0.3) is 10.8 Å². The van der Waals surface area contributed by atoms with Crippen LogP contribution in [0.3, 0.4) is 0 Å². The third-order valence-corrected chi connectivity index (χ3v) is 5.59. The summed E-state index contributed by atoms with van der Waals surface area (Å²) in [6.45, 7) is 4.14. The van der Waals surface area contributed by atoms with Crippen molar-refractivity contribution in [3.05, 3.63) is 69.5 Å². The van der Waals surface area contributed by atoms with Gasteiger partial charge < -0.3 is 14.4 Å². The number of ether oxygens (including phenoxy) is 1. The summed E-state index contributed by atoms with van der Waals surface area (Å²) in [4.78, 5) is 24.9. The SMILES string of the molecule is COc1ccc(F)cc1C(C)(C)CC(O)(C(=O)c1ccc2c(=O)onc(C)c2c1)C(F)(F)F. The Morgan fingerprint density at radius 1 is 1.12 bits per heavy atom. The Hall–Kier alpha value is -3.27. The Balaban J connectivity index is 2.13. The first-order valence-electron chi connectivity index (χ1n) is 9.79. The van der Waals surface area contributed by atoms with Crippen LogP contribution in [0, 0.1) is 12.7 Å². The molecular weight excluding hydrogens is 446 g/mol. The monoisotopic (exact) mass is 467 g/mol. The van der Waals surface area contributed by atoms with Crippen molar-refractivity contribution in [1.29, 1.82) is 0 Å². The van der Waals surface area contributed by atoms with Gasteiger partial charge in [-0.05, 0) is 42.7 Å². The number of benzene rings is 2. The van der Waals surface area contributed by atoms with Crippen molar-refractivity contribution in [2.45, 2.75) is 44.4 Å². The van der Waals surface area contributed by atoms with Crippen molar-refractivity contribution >= 4 is 16.6 Å². The zero-order chi connectivity index (χ0) is 24.8. The molecule has 0 aliphatic carbocycles. The van der Waals surface area contributed by atoms with Gasteiger partial charge in [-0.3, -0.25) is 4.79 Å². The van der Waals surface area contributed by atoms with E-state index in [0.717, 1.165) is 30.3 Å². The van der Waals surface area contributed by atoms with Crippen molar-refractivity contribution in [1.82, 2.24) is 5.16 Å². The normalized spacial score (nSPS) is 14.2. The van der Waals surface area contributed by atoms with Crippen LogP contribution in [0.5, 0.6) is 5.75 Å². The summed E-state index contributed by atoms with van der Waals surface area (Å²) in [5, 5.41) is 14.4. The molecule has 1 unspecified atom stereocenters. The molecule has 0 bridgehead atoms. The highest BCUT2D eigenvalue weighted by molar-refractivity contribution is 6.05. The van der Waals surface area contributed by atoms with E-state index in [0.29, 0.717) is 0 Å². The highest BCUT2D eigenvalue weighted by Crippen LogP contribution is 2.45. The molecule has 176 valence electrons. The smallest absolute Gasteiger partial charge is 0.424 e. The molecule has 0 spiro atoms.